The molecule has 1 aromatic heterocycles. The topological polar surface area (TPSA) is 42.0 Å². The Balaban J connectivity index is 2.80. The number of hydrogen-bond acceptors (Lipinski definition) is 2. The Hall–Kier alpha value is -1.60. The largest absolute Gasteiger partial charge is 0.341 e. The lowest BCUT2D eigenvalue weighted by Gasteiger charge is -2.02. The fourth-order valence-electron chi connectivity index (χ4n) is 0.890. The van der Waals surface area contributed by atoms with Crippen molar-refractivity contribution in [1.29, 1.82) is 0 Å². The van der Waals surface area contributed by atoms with E-state index in [-0.39, 0.29) is 17.3 Å². The van der Waals surface area contributed by atoms with Crippen LogP contribution < -0.4 is 5.32 Å². The third kappa shape index (κ3) is 3.22. The maximum absolute atomic E-state index is 12.8. The fraction of sp³-hybridized carbons (Fsp3) is 0.200. The van der Waals surface area contributed by atoms with E-state index in [0.29, 0.717) is 0 Å². The predicted octanol–water partition coefficient (Wildman–Crippen LogP) is 1.63. The van der Waals surface area contributed by atoms with Crippen LogP contribution in [0.5, 0.6) is 0 Å². The number of nitrogens with one attached hydrogen (secondary N) is 1. The van der Waals surface area contributed by atoms with Gasteiger partial charge in [-0.15, -0.1) is 5.92 Å². The summed E-state index contributed by atoms with van der Waals surface area (Å²) in [6.45, 7) is 1.85. The van der Waals surface area contributed by atoms with E-state index in [0.717, 1.165) is 12.3 Å². The summed E-state index contributed by atoms with van der Waals surface area (Å²) in [5, 5.41) is 2.43. The molecule has 1 rings (SSSR count). The Morgan fingerprint density at radius 2 is 2.47 bits per heavy atom. The first kappa shape index (κ1) is 11.5. The highest BCUT2D eigenvalue weighted by Gasteiger charge is 2.11. The highest BCUT2D eigenvalue weighted by atomic mass is 35.5. The zero-order valence-corrected chi connectivity index (χ0v) is 8.73. The second kappa shape index (κ2) is 5.32. The Bertz CT molecular complexity index is 437. The van der Waals surface area contributed by atoms with Gasteiger partial charge in [0.05, 0.1) is 18.3 Å². The number of rotatable bonds is 2. The summed E-state index contributed by atoms with van der Waals surface area (Å²) in [4.78, 5) is 14.9. The van der Waals surface area contributed by atoms with Crippen molar-refractivity contribution < 1.29 is 9.18 Å². The van der Waals surface area contributed by atoms with E-state index in [9.17, 15) is 9.18 Å². The van der Waals surface area contributed by atoms with E-state index in [4.69, 9.17) is 11.6 Å². The van der Waals surface area contributed by atoms with Crippen molar-refractivity contribution in [1.82, 2.24) is 10.3 Å². The van der Waals surface area contributed by atoms with Crippen molar-refractivity contribution in [3.05, 3.63) is 28.8 Å². The molecular formula is C10H8ClFN2O. The van der Waals surface area contributed by atoms with Crippen LogP contribution in [0.4, 0.5) is 4.39 Å². The van der Waals surface area contributed by atoms with Gasteiger partial charge in [0.2, 0.25) is 0 Å². The summed E-state index contributed by atoms with van der Waals surface area (Å²) in [6, 6.07) is 1.03. The van der Waals surface area contributed by atoms with Crippen molar-refractivity contribution in [2.45, 2.75) is 6.92 Å². The lowest BCUT2D eigenvalue weighted by molar-refractivity contribution is 0.0958. The predicted molar refractivity (Wildman–Crippen MR) is 55.0 cm³/mol. The van der Waals surface area contributed by atoms with E-state index in [1.54, 1.807) is 6.92 Å². The SMILES string of the molecule is CC#CCNC(=O)c1cc(F)cnc1Cl. The van der Waals surface area contributed by atoms with E-state index >= 15 is 0 Å². The number of hydrogen-bond donors (Lipinski definition) is 1. The summed E-state index contributed by atoms with van der Waals surface area (Å²) in [5.74, 6) is 4.16. The number of pyridine rings is 1. The maximum atomic E-state index is 12.8. The molecule has 0 unspecified atom stereocenters. The van der Waals surface area contributed by atoms with Gasteiger partial charge in [0.15, 0.2) is 0 Å². The minimum Gasteiger partial charge on any atom is -0.341 e. The molecule has 0 spiro atoms. The van der Waals surface area contributed by atoms with Crippen molar-refractivity contribution in [2.75, 3.05) is 6.54 Å². The molecule has 0 saturated heterocycles. The average molecular weight is 227 g/mol. The molecular weight excluding hydrogens is 219 g/mol. The molecule has 5 heteroatoms. The zero-order chi connectivity index (χ0) is 11.3. The van der Waals surface area contributed by atoms with Gasteiger partial charge in [-0.25, -0.2) is 9.37 Å². The van der Waals surface area contributed by atoms with Crippen LogP contribution in [-0.2, 0) is 0 Å². The van der Waals surface area contributed by atoms with Gasteiger partial charge in [-0.05, 0) is 13.0 Å². The van der Waals surface area contributed by atoms with E-state index in [2.05, 4.69) is 22.1 Å². The molecule has 0 fully saturated rings. The van der Waals surface area contributed by atoms with Gasteiger partial charge in [-0.1, -0.05) is 17.5 Å². The molecule has 0 radical (unpaired) electrons. The van der Waals surface area contributed by atoms with Gasteiger partial charge in [-0.2, -0.15) is 0 Å². The number of carbonyl (C=O) groups excluding carboxylic acids is 1. The minimum atomic E-state index is -0.605. The number of amides is 1. The molecule has 0 aliphatic heterocycles. The van der Waals surface area contributed by atoms with Crippen molar-refractivity contribution in [3.8, 4) is 11.8 Å². The summed E-state index contributed by atoms with van der Waals surface area (Å²) >= 11 is 5.63. The van der Waals surface area contributed by atoms with Crippen LogP contribution in [0.2, 0.25) is 5.15 Å². The maximum Gasteiger partial charge on any atom is 0.255 e. The Labute approximate surface area is 91.7 Å². The first-order chi connectivity index (χ1) is 7.15. The molecule has 3 nitrogen and oxygen atoms in total. The first-order valence-electron chi connectivity index (χ1n) is 4.14. The van der Waals surface area contributed by atoms with Crippen LogP contribution in [0, 0.1) is 17.7 Å². The Kier molecular flexibility index (Phi) is 4.07. The smallest absolute Gasteiger partial charge is 0.255 e. The number of nitrogens with zero attached hydrogens (tertiary/aromatic N) is 1. The number of halogens is 2. The monoisotopic (exact) mass is 226 g/mol. The second-order valence-corrected chi connectivity index (χ2v) is 2.96. The highest BCUT2D eigenvalue weighted by molar-refractivity contribution is 6.32. The van der Waals surface area contributed by atoms with Gasteiger partial charge in [0, 0.05) is 0 Å². The number of aromatic nitrogens is 1. The van der Waals surface area contributed by atoms with Gasteiger partial charge in [-0.3, -0.25) is 4.79 Å². The molecule has 15 heavy (non-hydrogen) atoms. The molecule has 0 aliphatic rings. The minimum absolute atomic E-state index is 0.00886. The van der Waals surface area contributed by atoms with Crippen molar-refractivity contribution in [3.63, 3.8) is 0 Å². The quantitative estimate of drug-likeness (QED) is 0.615. The lowest BCUT2D eigenvalue weighted by atomic mass is 10.2. The van der Waals surface area contributed by atoms with E-state index in [1.165, 1.54) is 0 Å². The Morgan fingerprint density at radius 1 is 1.73 bits per heavy atom. The van der Waals surface area contributed by atoms with E-state index in [1.807, 2.05) is 0 Å². The molecule has 0 bridgehead atoms. The van der Waals surface area contributed by atoms with Crippen LogP contribution in [0.1, 0.15) is 17.3 Å². The molecule has 1 N–H and O–H groups in total. The first-order valence-corrected chi connectivity index (χ1v) is 4.51. The summed E-state index contributed by atoms with van der Waals surface area (Å²) < 4.78 is 12.8. The van der Waals surface area contributed by atoms with Crippen molar-refractivity contribution in [2.24, 2.45) is 0 Å². The molecule has 0 atom stereocenters. The van der Waals surface area contributed by atoms with Gasteiger partial charge >= 0.3 is 0 Å². The third-order valence-electron chi connectivity index (χ3n) is 1.56. The number of carbonyl (C=O) groups is 1. The zero-order valence-electron chi connectivity index (χ0n) is 7.97. The third-order valence-corrected chi connectivity index (χ3v) is 1.87. The lowest BCUT2D eigenvalue weighted by Crippen LogP contribution is -2.24. The standard InChI is InChI=1S/C10H8ClFN2O/c1-2-3-4-13-10(15)8-5-7(12)6-14-9(8)11/h5-6H,4H2,1H3,(H,13,15). The molecule has 1 aromatic rings. The average Bonchev–Trinajstić information content (AvgIpc) is 2.22. The van der Waals surface area contributed by atoms with Gasteiger partial charge < -0.3 is 5.32 Å². The summed E-state index contributed by atoms with van der Waals surface area (Å²) in [5.41, 5.74) is 0.00886. The molecule has 78 valence electrons. The Morgan fingerprint density at radius 3 is 3.13 bits per heavy atom. The van der Waals surface area contributed by atoms with Gasteiger partial charge in [0.1, 0.15) is 11.0 Å². The van der Waals surface area contributed by atoms with Crippen LogP contribution in [0.3, 0.4) is 0 Å². The molecule has 0 saturated carbocycles. The van der Waals surface area contributed by atoms with Gasteiger partial charge in [0.25, 0.3) is 5.91 Å². The molecule has 0 aromatic carbocycles. The van der Waals surface area contributed by atoms with Crippen LogP contribution in [0.15, 0.2) is 12.3 Å². The molecule has 1 amide bonds. The molecule has 1 heterocycles. The fourth-order valence-corrected chi connectivity index (χ4v) is 1.08. The van der Waals surface area contributed by atoms with E-state index < -0.39 is 11.7 Å². The van der Waals surface area contributed by atoms with Crippen LogP contribution in [0.25, 0.3) is 0 Å². The summed E-state index contributed by atoms with van der Waals surface area (Å²) in [7, 11) is 0. The van der Waals surface area contributed by atoms with Crippen LogP contribution >= 0.6 is 11.6 Å². The van der Waals surface area contributed by atoms with Crippen molar-refractivity contribution >= 4 is 17.5 Å². The van der Waals surface area contributed by atoms with Crippen LogP contribution in [-0.4, -0.2) is 17.4 Å². The second-order valence-electron chi connectivity index (χ2n) is 2.60. The summed E-state index contributed by atoms with van der Waals surface area (Å²) in [6.07, 6.45) is 0.949. The molecule has 0 aliphatic carbocycles. The highest BCUT2D eigenvalue weighted by Crippen LogP contribution is 2.13. The normalized spacial score (nSPS) is 9.00.